The van der Waals surface area contributed by atoms with E-state index < -0.39 is 0 Å². The van der Waals surface area contributed by atoms with E-state index in [1.54, 1.807) is 0 Å². The van der Waals surface area contributed by atoms with E-state index in [2.05, 4.69) is 27.3 Å². The van der Waals surface area contributed by atoms with Crippen molar-refractivity contribution in [2.24, 2.45) is 9.98 Å². The molecule has 1 aromatic heterocycles. The lowest BCUT2D eigenvalue weighted by molar-refractivity contribution is 0.408. The molecule has 4 aliphatic rings. The monoisotopic (exact) mass is 521 g/mol. The van der Waals surface area contributed by atoms with Gasteiger partial charge in [0.15, 0.2) is 17.7 Å². The van der Waals surface area contributed by atoms with Gasteiger partial charge in [0.1, 0.15) is 0 Å². The van der Waals surface area contributed by atoms with Crippen LogP contribution in [0.4, 0.5) is 11.5 Å². The van der Waals surface area contributed by atoms with Crippen LogP contribution in [0.15, 0.2) is 28.3 Å². The minimum absolute atomic E-state index is 0.402. The molecule has 4 N–H and O–H groups in total. The third-order valence-electron chi connectivity index (χ3n) is 8.96. The zero-order chi connectivity index (χ0) is 25.8. The highest BCUT2D eigenvalue weighted by Gasteiger charge is 2.21. The second-order valence-electron chi connectivity index (χ2n) is 12.1. The number of hydrogen-bond acceptors (Lipinski definition) is 3. The summed E-state index contributed by atoms with van der Waals surface area (Å²) in [6.45, 7) is 0. The minimum atomic E-state index is 0.402. The van der Waals surface area contributed by atoms with Gasteiger partial charge in [0, 0.05) is 18.3 Å². The van der Waals surface area contributed by atoms with Crippen LogP contribution < -0.4 is 21.3 Å². The Morgan fingerprint density at radius 1 is 0.579 bits per heavy atom. The summed E-state index contributed by atoms with van der Waals surface area (Å²) in [5, 5.41) is 14.9. The molecular formula is C31H51N7. The highest BCUT2D eigenvalue weighted by atomic mass is 15.2. The highest BCUT2D eigenvalue weighted by Crippen LogP contribution is 2.25. The predicted octanol–water partition coefficient (Wildman–Crippen LogP) is 7.13. The number of pyridine rings is 1. The van der Waals surface area contributed by atoms with Crippen LogP contribution in [0.2, 0.25) is 0 Å². The van der Waals surface area contributed by atoms with Gasteiger partial charge in [0.25, 0.3) is 0 Å². The minimum Gasteiger partial charge on any atom is -0.353 e. The Bertz CT molecular complexity index is 816. The van der Waals surface area contributed by atoms with Gasteiger partial charge >= 0.3 is 0 Å². The lowest BCUT2D eigenvalue weighted by Gasteiger charge is -2.28. The van der Waals surface area contributed by atoms with Crippen molar-refractivity contribution in [1.82, 2.24) is 15.6 Å². The number of guanidine groups is 2. The smallest absolute Gasteiger partial charge is 0.197 e. The second-order valence-corrected chi connectivity index (χ2v) is 12.1. The topological polar surface area (TPSA) is 85.7 Å². The Hall–Kier alpha value is -2.31. The number of aliphatic imine (C=N–C) groups is 2. The van der Waals surface area contributed by atoms with E-state index in [-0.39, 0.29) is 0 Å². The standard InChI is InChI=1S/C31H51N7/c1-5-14-24(15-6-1)33-30(34-25-16-7-2-8-17-25)37-28-22-13-23-32-29(28)38-31(35-26-18-9-3-10-19-26)36-27-20-11-4-12-21-27/h13,22-27H,1-12,14-21H2,(H2,33,34,37)(H2,32,35,36,38). The molecule has 7 nitrogen and oxygen atoms in total. The van der Waals surface area contributed by atoms with Crippen molar-refractivity contribution < 1.29 is 0 Å². The first-order valence-electron chi connectivity index (χ1n) is 16.0. The molecule has 4 fully saturated rings. The zero-order valence-electron chi connectivity index (χ0n) is 23.5. The average Bonchev–Trinajstić information content (AvgIpc) is 2.96. The van der Waals surface area contributed by atoms with E-state index in [1.807, 2.05) is 12.3 Å². The van der Waals surface area contributed by atoms with Gasteiger partial charge in [0.05, 0.1) is 17.8 Å². The molecule has 0 bridgehead atoms. The van der Waals surface area contributed by atoms with Crippen LogP contribution in [-0.4, -0.2) is 41.1 Å². The van der Waals surface area contributed by atoms with Gasteiger partial charge in [-0.15, -0.1) is 0 Å². The first-order valence-corrected chi connectivity index (χ1v) is 16.0. The zero-order valence-corrected chi connectivity index (χ0v) is 23.5. The lowest BCUT2D eigenvalue weighted by atomic mass is 9.95. The van der Waals surface area contributed by atoms with Gasteiger partial charge in [-0.05, 0) is 63.5 Å². The number of hydrogen-bond donors (Lipinski definition) is 4. The van der Waals surface area contributed by atoms with Crippen molar-refractivity contribution in [3.8, 4) is 0 Å². The Kier molecular flexibility index (Phi) is 10.6. The molecule has 4 aliphatic carbocycles. The summed E-state index contributed by atoms with van der Waals surface area (Å²) < 4.78 is 0. The summed E-state index contributed by atoms with van der Waals surface area (Å²) in [7, 11) is 0. The van der Waals surface area contributed by atoms with Gasteiger partial charge in [-0.1, -0.05) is 77.0 Å². The van der Waals surface area contributed by atoms with Gasteiger partial charge in [0.2, 0.25) is 0 Å². The Morgan fingerprint density at radius 2 is 1.03 bits per heavy atom. The molecule has 5 rings (SSSR count). The summed E-state index contributed by atoms with van der Waals surface area (Å²) >= 11 is 0. The Labute approximate surface area is 230 Å². The number of nitrogens with one attached hydrogen (secondary N) is 4. The Balaban J connectivity index is 1.33. The van der Waals surface area contributed by atoms with E-state index in [4.69, 9.17) is 15.0 Å². The van der Waals surface area contributed by atoms with Crippen LogP contribution in [-0.2, 0) is 0 Å². The molecule has 38 heavy (non-hydrogen) atoms. The molecule has 0 aromatic carbocycles. The first-order chi connectivity index (χ1) is 18.8. The van der Waals surface area contributed by atoms with Crippen LogP contribution in [0.3, 0.4) is 0 Å². The lowest BCUT2D eigenvalue weighted by Crippen LogP contribution is -2.42. The second kappa shape index (κ2) is 14.7. The largest absolute Gasteiger partial charge is 0.353 e. The molecule has 1 heterocycles. The molecule has 7 heteroatoms. The van der Waals surface area contributed by atoms with E-state index in [1.165, 1.54) is 128 Å². The number of rotatable bonds is 6. The number of nitrogens with zero attached hydrogens (tertiary/aromatic N) is 3. The van der Waals surface area contributed by atoms with Crippen molar-refractivity contribution in [1.29, 1.82) is 0 Å². The molecule has 0 atom stereocenters. The fourth-order valence-electron chi connectivity index (χ4n) is 6.72. The highest BCUT2D eigenvalue weighted by molar-refractivity contribution is 6.01. The molecule has 0 radical (unpaired) electrons. The summed E-state index contributed by atoms with van der Waals surface area (Å²) in [5.41, 5.74) is 0.965. The van der Waals surface area contributed by atoms with Gasteiger partial charge in [-0.3, -0.25) is 0 Å². The molecule has 0 unspecified atom stereocenters. The van der Waals surface area contributed by atoms with Gasteiger partial charge < -0.3 is 21.3 Å². The van der Waals surface area contributed by atoms with Crippen molar-refractivity contribution in [3.05, 3.63) is 18.3 Å². The van der Waals surface area contributed by atoms with Crippen molar-refractivity contribution in [2.45, 2.75) is 153 Å². The van der Waals surface area contributed by atoms with E-state index in [0.29, 0.717) is 24.2 Å². The quantitative estimate of drug-likeness (QED) is 0.236. The maximum atomic E-state index is 5.23. The number of anilines is 2. The van der Waals surface area contributed by atoms with Gasteiger partial charge in [-0.25, -0.2) is 15.0 Å². The molecular weight excluding hydrogens is 470 g/mol. The van der Waals surface area contributed by atoms with Crippen LogP contribution in [0.5, 0.6) is 0 Å². The van der Waals surface area contributed by atoms with Crippen LogP contribution in [0.1, 0.15) is 128 Å². The third kappa shape index (κ3) is 8.60. The molecule has 210 valence electrons. The van der Waals surface area contributed by atoms with Crippen LogP contribution in [0.25, 0.3) is 0 Å². The van der Waals surface area contributed by atoms with Crippen LogP contribution in [0, 0.1) is 0 Å². The van der Waals surface area contributed by atoms with Crippen molar-refractivity contribution in [3.63, 3.8) is 0 Å². The van der Waals surface area contributed by atoms with Crippen molar-refractivity contribution in [2.75, 3.05) is 10.6 Å². The first kappa shape index (κ1) is 27.3. The number of aromatic nitrogens is 1. The fraction of sp³-hybridized carbons (Fsp3) is 0.774. The summed E-state index contributed by atoms with van der Waals surface area (Å²) in [5.74, 6) is 2.65. The molecule has 1 aromatic rings. The van der Waals surface area contributed by atoms with Crippen LogP contribution >= 0.6 is 0 Å². The van der Waals surface area contributed by atoms with E-state index >= 15 is 0 Å². The van der Waals surface area contributed by atoms with E-state index in [9.17, 15) is 0 Å². The molecule has 4 saturated carbocycles. The molecule has 0 amide bonds. The third-order valence-corrected chi connectivity index (χ3v) is 8.96. The average molecular weight is 522 g/mol. The molecule has 0 spiro atoms. The molecule has 0 saturated heterocycles. The summed E-state index contributed by atoms with van der Waals surface area (Å²) in [4.78, 5) is 15.2. The summed E-state index contributed by atoms with van der Waals surface area (Å²) in [6.07, 6.45) is 27.3. The SMILES string of the molecule is c1cnc(NC(=NC2CCCCC2)NC2CCCCC2)c(NC(=NC2CCCCC2)NC2CCCCC2)c1. The fourth-order valence-corrected chi connectivity index (χ4v) is 6.72. The molecule has 0 aliphatic heterocycles. The predicted molar refractivity (Wildman–Crippen MR) is 160 cm³/mol. The summed E-state index contributed by atoms with van der Waals surface area (Å²) in [6, 6.07) is 5.94. The maximum Gasteiger partial charge on any atom is 0.197 e. The van der Waals surface area contributed by atoms with Gasteiger partial charge in [-0.2, -0.15) is 0 Å². The maximum absolute atomic E-state index is 5.23. The van der Waals surface area contributed by atoms with Crippen molar-refractivity contribution >= 4 is 23.4 Å². The normalized spacial score (nSPS) is 23.7. The Morgan fingerprint density at radius 3 is 1.53 bits per heavy atom. The van der Waals surface area contributed by atoms with E-state index in [0.717, 1.165) is 23.4 Å².